The highest BCUT2D eigenvalue weighted by Gasteiger charge is 2.19. The fourth-order valence-electron chi connectivity index (χ4n) is 1.51. The SMILES string of the molecule is COC(=O)c1cccc(-c2nnc(C)s2)c1ON. The number of hydrogen-bond acceptors (Lipinski definition) is 7. The van der Waals surface area contributed by atoms with Crippen LogP contribution in [0.25, 0.3) is 10.6 Å². The van der Waals surface area contributed by atoms with Gasteiger partial charge in [-0.2, -0.15) is 5.90 Å². The molecule has 0 bridgehead atoms. The van der Waals surface area contributed by atoms with Crippen LogP contribution in [0.15, 0.2) is 18.2 Å². The molecule has 1 aromatic carbocycles. The van der Waals surface area contributed by atoms with Gasteiger partial charge in [0.2, 0.25) is 0 Å². The topological polar surface area (TPSA) is 87.3 Å². The summed E-state index contributed by atoms with van der Waals surface area (Å²) in [6.07, 6.45) is 0. The summed E-state index contributed by atoms with van der Waals surface area (Å²) >= 11 is 1.39. The zero-order valence-corrected chi connectivity index (χ0v) is 10.7. The number of aromatic nitrogens is 2. The van der Waals surface area contributed by atoms with Crippen molar-refractivity contribution in [3.05, 3.63) is 28.8 Å². The second kappa shape index (κ2) is 5.11. The maximum atomic E-state index is 11.6. The monoisotopic (exact) mass is 265 g/mol. The number of esters is 1. The fourth-order valence-corrected chi connectivity index (χ4v) is 2.22. The molecule has 0 aliphatic heterocycles. The van der Waals surface area contributed by atoms with Crippen molar-refractivity contribution in [1.82, 2.24) is 10.2 Å². The highest BCUT2D eigenvalue weighted by molar-refractivity contribution is 7.14. The van der Waals surface area contributed by atoms with Crippen LogP contribution in [0.4, 0.5) is 0 Å². The van der Waals surface area contributed by atoms with Crippen molar-refractivity contribution in [1.29, 1.82) is 0 Å². The molecule has 0 spiro atoms. The molecule has 0 saturated carbocycles. The lowest BCUT2D eigenvalue weighted by Gasteiger charge is -2.09. The molecule has 94 valence electrons. The van der Waals surface area contributed by atoms with E-state index >= 15 is 0 Å². The van der Waals surface area contributed by atoms with Crippen molar-refractivity contribution >= 4 is 17.3 Å². The van der Waals surface area contributed by atoms with E-state index in [1.807, 2.05) is 6.92 Å². The van der Waals surface area contributed by atoms with Crippen molar-refractivity contribution in [2.75, 3.05) is 7.11 Å². The van der Waals surface area contributed by atoms with Gasteiger partial charge in [-0.1, -0.05) is 17.4 Å². The number of nitrogens with zero attached hydrogens (tertiary/aromatic N) is 2. The van der Waals surface area contributed by atoms with Gasteiger partial charge in [-0.25, -0.2) is 4.79 Å². The Kier molecular flexibility index (Phi) is 3.54. The van der Waals surface area contributed by atoms with Gasteiger partial charge in [-0.05, 0) is 19.1 Å². The number of carbonyl (C=O) groups is 1. The summed E-state index contributed by atoms with van der Waals surface area (Å²) in [5.41, 5.74) is 0.872. The molecule has 1 heterocycles. The van der Waals surface area contributed by atoms with Crippen LogP contribution in [0, 0.1) is 6.92 Å². The molecule has 2 rings (SSSR count). The molecule has 0 unspecified atom stereocenters. The van der Waals surface area contributed by atoms with Gasteiger partial charge in [-0.15, -0.1) is 10.2 Å². The minimum absolute atomic E-state index is 0.237. The molecule has 2 N–H and O–H groups in total. The number of aryl methyl sites for hydroxylation is 1. The van der Waals surface area contributed by atoms with Gasteiger partial charge in [-0.3, -0.25) is 0 Å². The summed E-state index contributed by atoms with van der Waals surface area (Å²) in [5.74, 6) is 4.96. The van der Waals surface area contributed by atoms with E-state index in [-0.39, 0.29) is 11.3 Å². The number of methoxy groups -OCH3 is 1. The quantitative estimate of drug-likeness (QED) is 0.669. The van der Waals surface area contributed by atoms with Gasteiger partial charge in [0.25, 0.3) is 0 Å². The summed E-state index contributed by atoms with van der Waals surface area (Å²) < 4.78 is 4.67. The average molecular weight is 265 g/mol. The van der Waals surface area contributed by atoms with Gasteiger partial charge in [0.1, 0.15) is 10.6 Å². The molecule has 2 aromatic rings. The third-order valence-corrected chi connectivity index (χ3v) is 3.17. The Balaban J connectivity index is 2.58. The third kappa shape index (κ3) is 2.18. The average Bonchev–Trinajstić information content (AvgIpc) is 2.83. The number of hydrogen-bond donors (Lipinski definition) is 1. The lowest BCUT2D eigenvalue weighted by atomic mass is 10.1. The highest BCUT2D eigenvalue weighted by atomic mass is 32.1. The van der Waals surface area contributed by atoms with Crippen LogP contribution in [0.3, 0.4) is 0 Å². The molecule has 0 amide bonds. The molecule has 0 saturated heterocycles. The van der Waals surface area contributed by atoms with Crippen LogP contribution in [0.2, 0.25) is 0 Å². The lowest BCUT2D eigenvalue weighted by Crippen LogP contribution is -2.10. The zero-order valence-electron chi connectivity index (χ0n) is 9.84. The van der Waals surface area contributed by atoms with E-state index in [1.54, 1.807) is 18.2 Å². The van der Waals surface area contributed by atoms with Gasteiger partial charge >= 0.3 is 5.97 Å². The molecule has 0 atom stereocenters. The first-order valence-electron chi connectivity index (χ1n) is 5.06. The molecular weight excluding hydrogens is 254 g/mol. The van der Waals surface area contributed by atoms with Gasteiger partial charge in [0.15, 0.2) is 10.8 Å². The van der Waals surface area contributed by atoms with E-state index in [0.29, 0.717) is 10.6 Å². The summed E-state index contributed by atoms with van der Waals surface area (Å²) in [7, 11) is 1.30. The number of rotatable bonds is 3. The Labute approximate surface area is 107 Å². The van der Waals surface area contributed by atoms with Crippen LogP contribution in [-0.2, 0) is 4.74 Å². The molecule has 7 heteroatoms. The molecule has 18 heavy (non-hydrogen) atoms. The highest BCUT2D eigenvalue weighted by Crippen LogP contribution is 2.34. The molecule has 6 nitrogen and oxygen atoms in total. The van der Waals surface area contributed by atoms with E-state index in [2.05, 4.69) is 14.9 Å². The van der Waals surface area contributed by atoms with Crippen molar-refractivity contribution < 1.29 is 14.4 Å². The summed E-state index contributed by atoms with van der Waals surface area (Å²) in [4.78, 5) is 16.4. The molecule has 1 aromatic heterocycles. The second-order valence-electron chi connectivity index (χ2n) is 3.42. The van der Waals surface area contributed by atoms with Crippen LogP contribution < -0.4 is 10.7 Å². The Morgan fingerprint density at radius 1 is 1.39 bits per heavy atom. The van der Waals surface area contributed by atoms with Crippen LogP contribution in [-0.4, -0.2) is 23.3 Å². The Morgan fingerprint density at radius 3 is 2.72 bits per heavy atom. The number of nitrogens with two attached hydrogens (primary N) is 1. The summed E-state index contributed by atoms with van der Waals surface area (Å²) in [5, 5.41) is 9.37. The Bertz CT molecular complexity index is 583. The largest absolute Gasteiger partial charge is 0.465 e. The van der Waals surface area contributed by atoms with Gasteiger partial charge < -0.3 is 9.57 Å². The van der Waals surface area contributed by atoms with Crippen molar-refractivity contribution in [3.63, 3.8) is 0 Å². The number of ether oxygens (including phenoxy) is 1. The van der Waals surface area contributed by atoms with Crippen LogP contribution in [0.5, 0.6) is 5.75 Å². The van der Waals surface area contributed by atoms with E-state index in [9.17, 15) is 4.79 Å². The first-order valence-corrected chi connectivity index (χ1v) is 5.87. The first-order chi connectivity index (χ1) is 8.67. The number of carbonyl (C=O) groups excluding carboxylic acids is 1. The third-order valence-electron chi connectivity index (χ3n) is 2.29. The Morgan fingerprint density at radius 2 is 2.17 bits per heavy atom. The number of para-hydroxylation sites is 1. The van der Waals surface area contributed by atoms with Crippen molar-refractivity contribution in [2.24, 2.45) is 5.90 Å². The van der Waals surface area contributed by atoms with Gasteiger partial charge in [0, 0.05) is 0 Å². The van der Waals surface area contributed by atoms with Crippen LogP contribution >= 0.6 is 11.3 Å². The normalized spacial score (nSPS) is 10.2. The van der Waals surface area contributed by atoms with Crippen molar-refractivity contribution in [3.8, 4) is 16.3 Å². The van der Waals surface area contributed by atoms with Crippen LogP contribution in [0.1, 0.15) is 15.4 Å². The molecule has 0 aliphatic rings. The number of benzene rings is 1. The molecular formula is C11H11N3O3S. The predicted molar refractivity (Wildman–Crippen MR) is 66.2 cm³/mol. The van der Waals surface area contributed by atoms with E-state index < -0.39 is 5.97 Å². The fraction of sp³-hybridized carbons (Fsp3) is 0.182. The van der Waals surface area contributed by atoms with E-state index in [4.69, 9.17) is 10.7 Å². The van der Waals surface area contributed by atoms with E-state index in [0.717, 1.165) is 5.01 Å². The van der Waals surface area contributed by atoms with E-state index in [1.165, 1.54) is 18.4 Å². The molecule has 0 radical (unpaired) electrons. The molecule has 0 aliphatic carbocycles. The second-order valence-corrected chi connectivity index (χ2v) is 4.60. The minimum atomic E-state index is -0.515. The Hall–Kier alpha value is -1.99. The summed E-state index contributed by atoms with van der Waals surface area (Å²) in [6.45, 7) is 1.84. The lowest BCUT2D eigenvalue weighted by molar-refractivity contribution is 0.0596. The van der Waals surface area contributed by atoms with Crippen molar-refractivity contribution in [2.45, 2.75) is 6.92 Å². The maximum Gasteiger partial charge on any atom is 0.341 e. The van der Waals surface area contributed by atoms with Gasteiger partial charge in [0.05, 0.1) is 12.7 Å². The zero-order chi connectivity index (χ0) is 13.1. The summed E-state index contributed by atoms with van der Waals surface area (Å²) in [6, 6.07) is 5.04. The minimum Gasteiger partial charge on any atom is -0.465 e. The smallest absolute Gasteiger partial charge is 0.341 e. The first kappa shape index (κ1) is 12.5. The standard InChI is InChI=1S/C11H11N3O3S/c1-6-13-14-10(18-6)7-4-3-5-8(9(7)17-12)11(15)16-2/h3-5H,12H2,1-2H3. The maximum absolute atomic E-state index is 11.6. The molecule has 0 fully saturated rings. The predicted octanol–water partition coefficient (Wildman–Crippen LogP) is 1.55.